The minimum absolute atomic E-state index is 0.108. The molecule has 1 unspecified atom stereocenters. The molecular formula is C23H27F3N6O2. The highest BCUT2D eigenvalue weighted by Crippen LogP contribution is 2.32. The lowest BCUT2D eigenvalue weighted by atomic mass is 10.1. The maximum atomic E-state index is 13.0. The van der Waals surface area contributed by atoms with E-state index in [0.29, 0.717) is 43.7 Å². The molecule has 0 radical (unpaired) electrons. The molecule has 1 aromatic carbocycles. The first kappa shape index (κ1) is 23.9. The molecule has 11 heteroatoms. The van der Waals surface area contributed by atoms with Crippen molar-refractivity contribution in [1.29, 1.82) is 0 Å². The Morgan fingerprint density at radius 3 is 2.56 bits per heavy atom. The fraction of sp³-hybridized carbons (Fsp3) is 0.478. The van der Waals surface area contributed by atoms with Gasteiger partial charge in [0.05, 0.1) is 11.6 Å². The van der Waals surface area contributed by atoms with Crippen LogP contribution in [0.3, 0.4) is 0 Å². The van der Waals surface area contributed by atoms with Gasteiger partial charge in [0.1, 0.15) is 5.69 Å². The van der Waals surface area contributed by atoms with Crippen molar-refractivity contribution in [3.05, 3.63) is 53.2 Å². The highest BCUT2D eigenvalue weighted by atomic mass is 19.4. The second-order valence-electron chi connectivity index (χ2n) is 8.92. The number of halogens is 3. The lowest BCUT2D eigenvalue weighted by Crippen LogP contribution is -2.49. The molecule has 0 spiro atoms. The van der Waals surface area contributed by atoms with Gasteiger partial charge in [0, 0.05) is 37.4 Å². The summed E-state index contributed by atoms with van der Waals surface area (Å²) in [5.41, 5.74) is 0.833. The zero-order chi connectivity index (χ0) is 24.5. The number of hydrogen-bond acceptors (Lipinski definition) is 6. The largest absolute Gasteiger partial charge is 0.416 e. The van der Waals surface area contributed by atoms with Gasteiger partial charge in [-0.05, 0) is 37.5 Å². The van der Waals surface area contributed by atoms with Gasteiger partial charge in [0.15, 0.2) is 0 Å². The van der Waals surface area contributed by atoms with E-state index in [9.17, 15) is 18.0 Å². The Hall–Kier alpha value is -3.21. The van der Waals surface area contributed by atoms with Crippen molar-refractivity contribution in [3.63, 3.8) is 0 Å². The monoisotopic (exact) mass is 476 g/mol. The first-order valence-corrected chi connectivity index (χ1v) is 11.2. The summed E-state index contributed by atoms with van der Waals surface area (Å²) in [4.78, 5) is 21.0. The molecule has 0 aliphatic carbocycles. The average molecular weight is 477 g/mol. The van der Waals surface area contributed by atoms with Crippen LogP contribution in [0.1, 0.15) is 54.4 Å². The molecular weight excluding hydrogens is 449 g/mol. The van der Waals surface area contributed by atoms with Gasteiger partial charge in [-0.15, -0.1) is 0 Å². The number of hydrogen-bond donors (Lipinski definition) is 1. The summed E-state index contributed by atoms with van der Waals surface area (Å²) in [5, 5.41) is 11.0. The van der Waals surface area contributed by atoms with Crippen molar-refractivity contribution in [1.82, 2.24) is 30.1 Å². The Morgan fingerprint density at radius 2 is 1.88 bits per heavy atom. The molecule has 182 valence electrons. The fourth-order valence-electron chi connectivity index (χ4n) is 4.00. The quantitative estimate of drug-likeness (QED) is 0.574. The van der Waals surface area contributed by atoms with Gasteiger partial charge in [-0.1, -0.05) is 31.1 Å². The topological polar surface area (TPSA) is 91.2 Å². The Bertz CT molecular complexity index is 1130. The molecule has 1 atom stereocenters. The Kier molecular flexibility index (Phi) is 6.74. The number of aromatic nitrogens is 4. The maximum absolute atomic E-state index is 13.0. The first-order valence-electron chi connectivity index (χ1n) is 11.2. The van der Waals surface area contributed by atoms with Crippen molar-refractivity contribution in [2.24, 2.45) is 5.92 Å². The first-order chi connectivity index (χ1) is 16.1. The SMILES string of the molecule is CC(C)Cc1cc(C(=O)N2CCN(C(C)c3nc(-c4cccc(C(F)(F)F)c4)no3)CC2)n[nH]1. The van der Waals surface area contributed by atoms with Crippen LogP contribution < -0.4 is 0 Å². The highest BCUT2D eigenvalue weighted by Gasteiger charge is 2.32. The number of piperazine rings is 1. The molecule has 3 aromatic rings. The molecule has 1 aliphatic heterocycles. The predicted molar refractivity (Wildman–Crippen MR) is 118 cm³/mol. The summed E-state index contributed by atoms with van der Waals surface area (Å²) in [5.74, 6) is 0.783. The molecule has 8 nitrogen and oxygen atoms in total. The van der Waals surface area contributed by atoms with Crippen molar-refractivity contribution >= 4 is 5.91 Å². The van der Waals surface area contributed by atoms with E-state index < -0.39 is 11.7 Å². The Balaban J connectivity index is 1.37. The van der Waals surface area contributed by atoms with E-state index in [1.165, 1.54) is 12.1 Å². The van der Waals surface area contributed by atoms with Crippen LogP contribution in [0.15, 0.2) is 34.9 Å². The maximum Gasteiger partial charge on any atom is 0.416 e. The van der Waals surface area contributed by atoms with E-state index in [0.717, 1.165) is 24.2 Å². The number of aromatic amines is 1. The predicted octanol–water partition coefficient (Wildman–Crippen LogP) is 4.20. The van der Waals surface area contributed by atoms with Gasteiger partial charge in [-0.25, -0.2) is 0 Å². The zero-order valence-electron chi connectivity index (χ0n) is 19.3. The van der Waals surface area contributed by atoms with Crippen LogP contribution >= 0.6 is 0 Å². The normalized spacial score (nSPS) is 16.3. The number of carbonyl (C=O) groups is 1. The molecule has 34 heavy (non-hydrogen) atoms. The molecule has 3 heterocycles. The van der Waals surface area contributed by atoms with E-state index in [2.05, 4.69) is 39.1 Å². The minimum atomic E-state index is -4.45. The zero-order valence-corrected chi connectivity index (χ0v) is 19.3. The average Bonchev–Trinajstić information content (AvgIpc) is 3.47. The molecule has 0 bridgehead atoms. The van der Waals surface area contributed by atoms with Gasteiger partial charge in [0.25, 0.3) is 5.91 Å². The molecule has 1 N–H and O–H groups in total. The van der Waals surface area contributed by atoms with Crippen LogP contribution in [0.2, 0.25) is 0 Å². The summed E-state index contributed by atoms with van der Waals surface area (Å²) < 4.78 is 44.4. The molecule has 2 aromatic heterocycles. The number of H-pyrrole nitrogens is 1. The number of rotatable bonds is 6. The smallest absolute Gasteiger partial charge is 0.337 e. The third-order valence-electron chi connectivity index (χ3n) is 5.87. The van der Waals surface area contributed by atoms with Crippen LogP contribution in [-0.2, 0) is 12.6 Å². The molecule has 4 rings (SSSR count). The lowest BCUT2D eigenvalue weighted by molar-refractivity contribution is -0.137. The van der Waals surface area contributed by atoms with Crippen LogP contribution in [-0.4, -0.2) is 62.2 Å². The highest BCUT2D eigenvalue weighted by molar-refractivity contribution is 5.92. The standard InChI is InChI=1S/C23H27F3N6O2/c1-14(2)11-18-13-19(29-28-18)22(33)32-9-7-31(8-10-32)15(3)21-27-20(30-34-21)16-5-4-6-17(12-16)23(24,25)26/h4-6,12-15H,7-11H2,1-3H3,(H,28,29). The molecule has 0 saturated carbocycles. The molecule has 1 aliphatic rings. The van der Waals surface area contributed by atoms with Gasteiger partial charge >= 0.3 is 6.18 Å². The molecule has 1 saturated heterocycles. The van der Waals surface area contributed by atoms with Crippen LogP contribution in [0.5, 0.6) is 0 Å². The summed E-state index contributed by atoms with van der Waals surface area (Å²) in [6.07, 6.45) is -3.61. The van der Waals surface area contributed by atoms with E-state index in [4.69, 9.17) is 4.52 Å². The summed E-state index contributed by atoms with van der Waals surface area (Å²) in [7, 11) is 0. The number of benzene rings is 1. The third-order valence-corrected chi connectivity index (χ3v) is 5.87. The van der Waals surface area contributed by atoms with E-state index >= 15 is 0 Å². The number of amides is 1. The van der Waals surface area contributed by atoms with Crippen LogP contribution in [0.4, 0.5) is 13.2 Å². The number of alkyl halides is 3. The lowest BCUT2D eigenvalue weighted by Gasteiger charge is -2.36. The van der Waals surface area contributed by atoms with Crippen LogP contribution in [0.25, 0.3) is 11.4 Å². The van der Waals surface area contributed by atoms with Crippen molar-refractivity contribution in [3.8, 4) is 11.4 Å². The van der Waals surface area contributed by atoms with E-state index in [1.807, 2.05) is 13.0 Å². The second kappa shape index (κ2) is 9.57. The summed E-state index contributed by atoms with van der Waals surface area (Å²) >= 11 is 0. The van der Waals surface area contributed by atoms with Crippen LogP contribution in [0, 0.1) is 5.92 Å². The number of nitrogens with one attached hydrogen (secondary N) is 1. The van der Waals surface area contributed by atoms with Crippen molar-refractivity contribution in [2.45, 2.75) is 39.4 Å². The van der Waals surface area contributed by atoms with Crippen molar-refractivity contribution < 1.29 is 22.5 Å². The van der Waals surface area contributed by atoms with Crippen molar-refractivity contribution in [2.75, 3.05) is 26.2 Å². The summed E-state index contributed by atoms with van der Waals surface area (Å²) in [6.45, 7) is 8.33. The van der Waals surface area contributed by atoms with Gasteiger partial charge in [-0.2, -0.15) is 23.3 Å². The van der Waals surface area contributed by atoms with Gasteiger partial charge in [-0.3, -0.25) is 14.8 Å². The second-order valence-corrected chi connectivity index (χ2v) is 8.92. The minimum Gasteiger partial charge on any atom is -0.337 e. The van der Waals surface area contributed by atoms with Gasteiger partial charge < -0.3 is 9.42 Å². The Morgan fingerprint density at radius 1 is 1.15 bits per heavy atom. The van der Waals surface area contributed by atoms with E-state index in [-0.39, 0.29) is 23.3 Å². The third kappa shape index (κ3) is 5.30. The molecule has 1 fully saturated rings. The Labute approximate surface area is 195 Å². The fourth-order valence-corrected chi connectivity index (χ4v) is 4.00. The van der Waals surface area contributed by atoms with Gasteiger partial charge in [0.2, 0.25) is 11.7 Å². The molecule has 1 amide bonds. The number of carbonyl (C=O) groups excluding carboxylic acids is 1. The number of nitrogens with zero attached hydrogens (tertiary/aromatic N) is 5. The summed E-state index contributed by atoms with van der Waals surface area (Å²) in [6, 6.07) is 6.41. The van der Waals surface area contributed by atoms with E-state index in [1.54, 1.807) is 4.90 Å².